The summed E-state index contributed by atoms with van der Waals surface area (Å²) in [6, 6.07) is 12.0. The second-order valence-electron chi connectivity index (χ2n) is 4.37. The van der Waals surface area contributed by atoms with Gasteiger partial charge in [-0.2, -0.15) is 4.98 Å². The van der Waals surface area contributed by atoms with Gasteiger partial charge in [0.1, 0.15) is 18.6 Å². The Morgan fingerprint density at radius 1 is 1.10 bits per heavy atom. The monoisotopic (exact) mass is 269 g/mol. The summed E-state index contributed by atoms with van der Waals surface area (Å²) >= 11 is 0. The standard InChI is InChI=1S/C15H15N3O2/c1-19-15-14-13(16-10-17-15)7-8-18(14)11-20-9-12-5-3-2-4-6-12/h2-8,10H,9,11H2,1H3. The van der Waals surface area contributed by atoms with Crippen molar-refractivity contribution in [1.82, 2.24) is 14.5 Å². The molecule has 5 nitrogen and oxygen atoms in total. The molecule has 3 rings (SSSR count). The fourth-order valence-electron chi connectivity index (χ4n) is 2.10. The van der Waals surface area contributed by atoms with Crippen LogP contribution in [0, 0.1) is 0 Å². The highest BCUT2D eigenvalue weighted by molar-refractivity contribution is 5.80. The number of nitrogens with zero attached hydrogens (tertiary/aromatic N) is 3. The van der Waals surface area contributed by atoms with Crippen LogP contribution in [0.4, 0.5) is 0 Å². The molecule has 2 aromatic heterocycles. The minimum absolute atomic E-state index is 0.433. The van der Waals surface area contributed by atoms with Crippen LogP contribution in [0.25, 0.3) is 11.0 Å². The largest absolute Gasteiger partial charge is 0.479 e. The molecular formula is C15H15N3O2. The van der Waals surface area contributed by atoms with Gasteiger partial charge in [-0.05, 0) is 11.6 Å². The molecule has 0 spiro atoms. The Morgan fingerprint density at radius 3 is 2.75 bits per heavy atom. The third-order valence-electron chi connectivity index (χ3n) is 3.05. The lowest BCUT2D eigenvalue weighted by atomic mass is 10.2. The molecule has 0 N–H and O–H groups in total. The van der Waals surface area contributed by atoms with E-state index in [2.05, 4.69) is 9.97 Å². The minimum atomic E-state index is 0.433. The number of hydrogen-bond acceptors (Lipinski definition) is 4. The summed E-state index contributed by atoms with van der Waals surface area (Å²) in [5.41, 5.74) is 2.84. The fourth-order valence-corrected chi connectivity index (χ4v) is 2.10. The van der Waals surface area contributed by atoms with Gasteiger partial charge in [0.15, 0.2) is 0 Å². The quantitative estimate of drug-likeness (QED) is 0.714. The first-order valence-corrected chi connectivity index (χ1v) is 6.34. The number of fused-ring (bicyclic) bond motifs is 1. The lowest BCUT2D eigenvalue weighted by Gasteiger charge is -2.08. The molecule has 0 radical (unpaired) electrons. The molecule has 0 bridgehead atoms. The zero-order valence-electron chi connectivity index (χ0n) is 11.2. The average molecular weight is 269 g/mol. The van der Waals surface area contributed by atoms with Crippen LogP contribution in [-0.2, 0) is 18.1 Å². The highest BCUT2D eigenvalue weighted by Crippen LogP contribution is 2.22. The van der Waals surface area contributed by atoms with Crippen LogP contribution in [0.3, 0.4) is 0 Å². The van der Waals surface area contributed by atoms with E-state index in [0.29, 0.717) is 19.2 Å². The second kappa shape index (κ2) is 5.71. The van der Waals surface area contributed by atoms with Crippen molar-refractivity contribution >= 4 is 11.0 Å². The Morgan fingerprint density at radius 2 is 1.95 bits per heavy atom. The highest BCUT2D eigenvalue weighted by atomic mass is 16.5. The van der Waals surface area contributed by atoms with Gasteiger partial charge in [-0.3, -0.25) is 0 Å². The Balaban J connectivity index is 1.75. The number of methoxy groups -OCH3 is 1. The van der Waals surface area contributed by atoms with E-state index in [9.17, 15) is 0 Å². The molecule has 0 aliphatic carbocycles. The number of ether oxygens (including phenoxy) is 2. The van der Waals surface area contributed by atoms with Crippen LogP contribution >= 0.6 is 0 Å². The molecule has 2 heterocycles. The molecule has 0 unspecified atom stereocenters. The number of hydrogen-bond donors (Lipinski definition) is 0. The van der Waals surface area contributed by atoms with Crippen molar-refractivity contribution in [1.29, 1.82) is 0 Å². The first-order valence-electron chi connectivity index (χ1n) is 6.34. The second-order valence-corrected chi connectivity index (χ2v) is 4.37. The topological polar surface area (TPSA) is 49.2 Å². The predicted molar refractivity (Wildman–Crippen MR) is 75.3 cm³/mol. The molecular weight excluding hydrogens is 254 g/mol. The molecule has 0 fully saturated rings. The molecule has 0 aliphatic rings. The van der Waals surface area contributed by atoms with E-state index in [1.807, 2.05) is 47.2 Å². The van der Waals surface area contributed by atoms with Crippen molar-refractivity contribution in [3.05, 3.63) is 54.5 Å². The first-order chi connectivity index (χ1) is 9.88. The van der Waals surface area contributed by atoms with E-state index in [4.69, 9.17) is 9.47 Å². The summed E-state index contributed by atoms with van der Waals surface area (Å²) in [6.45, 7) is 0.999. The highest BCUT2D eigenvalue weighted by Gasteiger charge is 2.09. The Bertz CT molecular complexity index is 695. The molecule has 1 aromatic carbocycles. The summed E-state index contributed by atoms with van der Waals surface area (Å²) in [4.78, 5) is 8.32. The van der Waals surface area contributed by atoms with Crippen molar-refractivity contribution < 1.29 is 9.47 Å². The maximum atomic E-state index is 5.72. The third kappa shape index (κ3) is 2.48. The van der Waals surface area contributed by atoms with Crippen LogP contribution in [0.1, 0.15) is 5.56 Å². The van der Waals surface area contributed by atoms with Crippen molar-refractivity contribution in [3.63, 3.8) is 0 Å². The van der Waals surface area contributed by atoms with Crippen molar-refractivity contribution in [2.45, 2.75) is 13.3 Å². The summed E-state index contributed by atoms with van der Waals surface area (Å²) in [5.74, 6) is 0.559. The van der Waals surface area contributed by atoms with E-state index in [0.717, 1.165) is 16.6 Å². The predicted octanol–water partition coefficient (Wildman–Crippen LogP) is 2.61. The van der Waals surface area contributed by atoms with Gasteiger partial charge in [-0.25, -0.2) is 4.98 Å². The van der Waals surface area contributed by atoms with Gasteiger partial charge in [0, 0.05) is 6.20 Å². The Hall–Kier alpha value is -2.40. The lowest BCUT2D eigenvalue weighted by molar-refractivity contribution is 0.0665. The average Bonchev–Trinajstić information content (AvgIpc) is 2.92. The van der Waals surface area contributed by atoms with Crippen LogP contribution < -0.4 is 4.74 Å². The van der Waals surface area contributed by atoms with Gasteiger partial charge in [0.2, 0.25) is 5.88 Å². The van der Waals surface area contributed by atoms with E-state index >= 15 is 0 Å². The van der Waals surface area contributed by atoms with Crippen molar-refractivity contribution in [3.8, 4) is 5.88 Å². The summed E-state index contributed by atoms with van der Waals surface area (Å²) in [6.07, 6.45) is 3.42. The maximum Gasteiger partial charge on any atom is 0.241 e. The van der Waals surface area contributed by atoms with E-state index in [-0.39, 0.29) is 0 Å². The minimum Gasteiger partial charge on any atom is -0.479 e. The van der Waals surface area contributed by atoms with Crippen LogP contribution in [0.2, 0.25) is 0 Å². The summed E-state index contributed by atoms with van der Waals surface area (Å²) in [7, 11) is 1.60. The van der Waals surface area contributed by atoms with E-state index in [1.54, 1.807) is 7.11 Å². The molecule has 3 aromatic rings. The fraction of sp³-hybridized carbons (Fsp3) is 0.200. The normalized spacial score (nSPS) is 10.8. The van der Waals surface area contributed by atoms with Gasteiger partial charge in [0.05, 0.1) is 19.2 Å². The summed E-state index contributed by atoms with van der Waals surface area (Å²) < 4.78 is 12.9. The SMILES string of the molecule is COc1ncnc2ccn(COCc3ccccc3)c12. The van der Waals surface area contributed by atoms with E-state index < -0.39 is 0 Å². The zero-order valence-corrected chi connectivity index (χ0v) is 11.2. The van der Waals surface area contributed by atoms with Gasteiger partial charge < -0.3 is 14.0 Å². The molecule has 0 atom stereocenters. The third-order valence-corrected chi connectivity index (χ3v) is 3.05. The van der Waals surface area contributed by atoms with Gasteiger partial charge in [-0.1, -0.05) is 30.3 Å². The molecule has 0 saturated carbocycles. The van der Waals surface area contributed by atoms with Gasteiger partial charge >= 0.3 is 0 Å². The van der Waals surface area contributed by atoms with Crippen LogP contribution in [0.15, 0.2) is 48.9 Å². The van der Waals surface area contributed by atoms with Crippen LogP contribution in [-0.4, -0.2) is 21.6 Å². The molecule has 0 amide bonds. The van der Waals surface area contributed by atoms with Gasteiger partial charge in [0.25, 0.3) is 0 Å². The molecule has 0 aliphatic heterocycles. The van der Waals surface area contributed by atoms with Crippen molar-refractivity contribution in [2.75, 3.05) is 7.11 Å². The smallest absolute Gasteiger partial charge is 0.241 e. The molecule has 20 heavy (non-hydrogen) atoms. The van der Waals surface area contributed by atoms with Gasteiger partial charge in [-0.15, -0.1) is 0 Å². The number of benzene rings is 1. The Labute approximate surface area is 116 Å². The lowest BCUT2D eigenvalue weighted by Crippen LogP contribution is -2.03. The maximum absolute atomic E-state index is 5.72. The molecule has 5 heteroatoms. The Kier molecular flexibility index (Phi) is 3.60. The van der Waals surface area contributed by atoms with Crippen LogP contribution in [0.5, 0.6) is 5.88 Å². The number of aromatic nitrogens is 3. The molecule has 102 valence electrons. The first kappa shape index (κ1) is 12.6. The zero-order chi connectivity index (χ0) is 13.8. The molecule has 0 saturated heterocycles. The van der Waals surface area contributed by atoms with Crippen molar-refractivity contribution in [2.24, 2.45) is 0 Å². The number of rotatable bonds is 5. The summed E-state index contributed by atoms with van der Waals surface area (Å²) in [5, 5.41) is 0. The van der Waals surface area contributed by atoms with E-state index in [1.165, 1.54) is 6.33 Å².